The van der Waals surface area contributed by atoms with Crippen LogP contribution < -0.4 is 25.8 Å². The number of ether oxygens (including phenoxy) is 3. The molecule has 0 unspecified atom stereocenters. The molecule has 2 aromatic carbocycles. The first-order valence-electron chi connectivity index (χ1n) is 16.4. The Morgan fingerprint density at radius 2 is 1.69 bits per heavy atom. The number of nitrogens with zero attached hydrogens (tertiary/aromatic N) is 3. The maximum atomic E-state index is 12.8. The Morgan fingerprint density at radius 1 is 1.00 bits per heavy atom. The molecule has 0 atom stereocenters. The highest BCUT2D eigenvalue weighted by molar-refractivity contribution is 5.92. The number of benzene rings is 2. The van der Waals surface area contributed by atoms with Crippen molar-refractivity contribution in [3.63, 3.8) is 0 Å². The van der Waals surface area contributed by atoms with Crippen LogP contribution in [0, 0.1) is 36.0 Å². The molecule has 250 valence electrons. The van der Waals surface area contributed by atoms with Crippen LogP contribution in [0.15, 0.2) is 58.4 Å². The van der Waals surface area contributed by atoms with Gasteiger partial charge in [0.1, 0.15) is 18.2 Å². The number of aromatic nitrogens is 1. The Kier molecular flexibility index (Phi) is 9.64. The number of nitriles is 1. The highest BCUT2D eigenvalue weighted by Gasteiger charge is 2.51. The largest absolute Gasteiger partial charge is 0.493 e. The second-order valence-electron chi connectivity index (χ2n) is 13.4. The monoisotopic (exact) mass is 651 g/mol. The molecule has 1 aromatic heterocycles. The summed E-state index contributed by atoms with van der Waals surface area (Å²) in [4.78, 5) is 38.0. The van der Waals surface area contributed by atoms with E-state index < -0.39 is 11.5 Å². The number of rotatable bonds is 12. The van der Waals surface area contributed by atoms with E-state index in [1.165, 1.54) is 69.1 Å². The van der Waals surface area contributed by atoms with Crippen molar-refractivity contribution in [1.82, 2.24) is 9.99 Å². The standard InChI is InChI=1S/C37H41N5O6/c1-23-10-28(21-46-2)31(18-38)36(45)42(23)20-34(43)41-39-19-24-4-9-32(33(14-24)47-3)48-22-35(44)40-30-7-5-29(6-8-30)37-15-25-11-26(16-37)13-27(12-25)17-37/h4-10,14,19,25-27H,11-13,15-17,20-22H2,1-3H3,(H,40,44)(H,41,43)/b39-19+. The van der Waals surface area contributed by atoms with Gasteiger partial charge in [-0.3, -0.25) is 14.4 Å². The lowest BCUT2D eigenvalue weighted by Crippen LogP contribution is -2.48. The molecule has 0 saturated heterocycles. The maximum Gasteiger partial charge on any atom is 0.269 e. The van der Waals surface area contributed by atoms with Crippen LogP contribution in [0.25, 0.3) is 0 Å². The molecule has 4 fully saturated rings. The average Bonchev–Trinajstić information content (AvgIpc) is 3.06. The van der Waals surface area contributed by atoms with E-state index in [0.717, 1.165) is 23.4 Å². The van der Waals surface area contributed by atoms with E-state index in [4.69, 9.17) is 14.2 Å². The van der Waals surface area contributed by atoms with Crippen LogP contribution in [0.4, 0.5) is 5.69 Å². The molecular weight excluding hydrogens is 610 g/mol. The Morgan fingerprint density at radius 3 is 2.31 bits per heavy atom. The first-order valence-corrected chi connectivity index (χ1v) is 16.4. The maximum absolute atomic E-state index is 12.8. The lowest BCUT2D eigenvalue weighted by Gasteiger charge is -2.57. The van der Waals surface area contributed by atoms with E-state index in [1.807, 2.05) is 18.2 Å². The SMILES string of the molecule is COCc1cc(C)n(CC(=O)N/N=C/c2ccc(OCC(=O)Nc3ccc(C45CC6CC(CC(C6)C4)C5)cc3)c(OC)c2)c(=O)c1C#N. The molecule has 3 aromatic rings. The molecule has 1 heterocycles. The van der Waals surface area contributed by atoms with Crippen LogP contribution in [0.2, 0.25) is 0 Å². The summed E-state index contributed by atoms with van der Waals surface area (Å²) < 4.78 is 17.5. The molecule has 4 bridgehead atoms. The highest BCUT2D eigenvalue weighted by Crippen LogP contribution is 2.60. The molecule has 0 radical (unpaired) electrons. The van der Waals surface area contributed by atoms with E-state index >= 15 is 0 Å². The van der Waals surface area contributed by atoms with Crippen molar-refractivity contribution < 1.29 is 23.8 Å². The normalized spacial score (nSPS) is 22.3. The zero-order chi connectivity index (χ0) is 33.8. The van der Waals surface area contributed by atoms with E-state index in [0.29, 0.717) is 33.7 Å². The topological polar surface area (TPSA) is 144 Å². The predicted octanol–water partition coefficient (Wildman–Crippen LogP) is 4.82. The minimum absolute atomic E-state index is 0.0632. The number of hydrogen-bond acceptors (Lipinski definition) is 8. The summed E-state index contributed by atoms with van der Waals surface area (Å²) in [6.07, 6.45) is 9.56. The molecule has 11 nitrogen and oxygen atoms in total. The van der Waals surface area contributed by atoms with Crippen LogP contribution in [0.5, 0.6) is 11.5 Å². The van der Waals surface area contributed by atoms with Gasteiger partial charge in [-0.1, -0.05) is 12.1 Å². The van der Waals surface area contributed by atoms with Gasteiger partial charge in [0.15, 0.2) is 18.1 Å². The fourth-order valence-corrected chi connectivity index (χ4v) is 8.37. The average molecular weight is 652 g/mol. The number of carbonyl (C=O) groups is 2. The fraction of sp³-hybridized carbons (Fsp3) is 0.432. The highest BCUT2D eigenvalue weighted by atomic mass is 16.5. The molecule has 2 N–H and O–H groups in total. The second kappa shape index (κ2) is 14.0. The van der Waals surface area contributed by atoms with Crippen LogP contribution in [0.1, 0.15) is 66.5 Å². The van der Waals surface area contributed by atoms with Crippen molar-refractivity contribution in [1.29, 1.82) is 5.26 Å². The number of anilines is 1. The van der Waals surface area contributed by atoms with Gasteiger partial charge < -0.3 is 24.1 Å². The van der Waals surface area contributed by atoms with E-state index in [9.17, 15) is 19.6 Å². The third kappa shape index (κ3) is 6.99. The van der Waals surface area contributed by atoms with Gasteiger partial charge in [0.05, 0.1) is 19.9 Å². The third-order valence-corrected chi connectivity index (χ3v) is 10.1. The lowest BCUT2D eigenvalue weighted by molar-refractivity contribution is -0.121. The smallest absolute Gasteiger partial charge is 0.269 e. The number of aryl methyl sites for hydroxylation is 1. The summed E-state index contributed by atoms with van der Waals surface area (Å²) in [6, 6.07) is 17.0. The van der Waals surface area contributed by atoms with Gasteiger partial charge in [0.25, 0.3) is 17.4 Å². The summed E-state index contributed by atoms with van der Waals surface area (Å²) in [5.74, 6) is 2.59. The zero-order valence-corrected chi connectivity index (χ0v) is 27.6. The van der Waals surface area contributed by atoms with Gasteiger partial charge in [-0.05, 0) is 116 Å². The van der Waals surface area contributed by atoms with Gasteiger partial charge in [0, 0.05) is 24.1 Å². The van der Waals surface area contributed by atoms with Gasteiger partial charge >= 0.3 is 0 Å². The Balaban J connectivity index is 1.01. The summed E-state index contributed by atoms with van der Waals surface area (Å²) in [6.45, 7) is 1.29. The number of pyridine rings is 1. The van der Waals surface area contributed by atoms with Crippen molar-refractivity contribution in [2.45, 2.75) is 64.0 Å². The molecule has 4 saturated carbocycles. The first-order chi connectivity index (χ1) is 23.2. The number of carbonyl (C=O) groups excluding carboxylic acids is 2. The van der Waals surface area contributed by atoms with Crippen LogP contribution >= 0.6 is 0 Å². The van der Waals surface area contributed by atoms with Crippen LogP contribution in [0.3, 0.4) is 0 Å². The van der Waals surface area contributed by atoms with Gasteiger partial charge in [-0.15, -0.1) is 0 Å². The predicted molar refractivity (Wildman–Crippen MR) is 180 cm³/mol. The van der Waals surface area contributed by atoms with Crippen molar-refractivity contribution in [3.05, 3.63) is 86.8 Å². The number of methoxy groups -OCH3 is 2. The van der Waals surface area contributed by atoms with Crippen LogP contribution in [-0.2, 0) is 32.9 Å². The minimum atomic E-state index is -0.567. The Labute approximate surface area is 279 Å². The summed E-state index contributed by atoms with van der Waals surface area (Å²) in [5, 5.41) is 16.3. The molecule has 0 aliphatic heterocycles. The number of hydrogen-bond donors (Lipinski definition) is 2. The van der Waals surface area contributed by atoms with E-state index in [1.54, 1.807) is 31.2 Å². The number of hydrazone groups is 1. The summed E-state index contributed by atoms with van der Waals surface area (Å²) in [5.41, 5.74) is 5.84. The number of amides is 2. The molecule has 4 aliphatic rings. The quantitative estimate of drug-likeness (QED) is 0.211. The molecule has 2 amide bonds. The van der Waals surface area contributed by atoms with Gasteiger partial charge in [0.2, 0.25) is 0 Å². The summed E-state index contributed by atoms with van der Waals surface area (Å²) in [7, 11) is 2.97. The molecule has 11 heteroatoms. The number of nitrogens with one attached hydrogen (secondary N) is 2. The lowest BCUT2D eigenvalue weighted by atomic mass is 9.48. The van der Waals surface area contributed by atoms with Crippen molar-refractivity contribution >= 4 is 23.7 Å². The van der Waals surface area contributed by atoms with Gasteiger partial charge in [-0.25, -0.2) is 5.43 Å². The van der Waals surface area contributed by atoms with Crippen molar-refractivity contribution in [2.75, 3.05) is 26.1 Å². The fourth-order valence-electron chi connectivity index (χ4n) is 8.37. The van der Waals surface area contributed by atoms with E-state index in [-0.39, 0.29) is 31.2 Å². The second-order valence-corrected chi connectivity index (χ2v) is 13.4. The molecular formula is C37H41N5O6. The zero-order valence-electron chi connectivity index (χ0n) is 27.6. The van der Waals surface area contributed by atoms with Crippen molar-refractivity contribution in [2.24, 2.45) is 22.9 Å². The van der Waals surface area contributed by atoms with E-state index in [2.05, 4.69) is 28.0 Å². The molecule has 4 aliphatic carbocycles. The summed E-state index contributed by atoms with van der Waals surface area (Å²) >= 11 is 0. The first kappa shape index (κ1) is 33.0. The van der Waals surface area contributed by atoms with Gasteiger partial charge in [-0.2, -0.15) is 10.4 Å². The molecule has 48 heavy (non-hydrogen) atoms. The Bertz CT molecular complexity index is 1790. The molecule has 7 rings (SSSR count). The Hall–Kier alpha value is -4.95. The minimum Gasteiger partial charge on any atom is -0.493 e. The van der Waals surface area contributed by atoms with Crippen molar-refractivity contribution in [3.8, 4) is 17.6 Å². The van der Waals surface area contributed by atoms with Crippen LogP contribution in [-0.4, -0.2) is 43.4 Å². The third-order valence-electron chi connectivity index (χ3n) is 10.1. The molecule has 0 spiro atoms.